The first-order valence-electron chi connectivity index (χ1n) is 8.52. The second kappa shape index (κ2) is 7.86. The van der Waals surface area contributed by atoms with Gasteiger partial charge in [0.2, 0.25) is 5.75 Å². The number of aryl methyl sites for hydroxylation is 2. The topological polar surface area (TPSA) is 64.6 Å². The summed E-state index contributed by atoms with van der Waals surface area (Å²) < 4.78 is 11.4. The highest BCUT2D eigenvalue weighted by atomic mass is 16.6. The summed E-state index contributed by atoms with van der Waals surface area (Å²) in [5.74, 6) is 1.47. The highest BCUT2D eigenvalue weighted by molar-refractivity contribution is 5.71. The van der Waals surface area contributed by atoms with Crippen LogP contribution in [0.15, 0.2) is 54.6 Å². The second-order valence-corrected chi connectivity index (χ2v) is 6.31. The van der Waals surface area contributed by atoms with Gasteiger partial charge in [0.25, 0.3) is 5.88 Å². The number of amides is 1. The van der Waals surface area contributed by atoms with Crippen molar-refractivity contribution in [3.63, 3.8) is 0 Å². The van der Waals surface area contributed by atoms with Gasteiger partial charge in [-0.15, -0.1) is 0 Å². The number of carbonyl (C=O) groups is 1. The lowest BCUT2D eigenvalue weighted by Crippen LogP contribution is -2.26. The van der Waals surface area contributed by atoms with Gasteiger partial charge in [0.1, 0.15) is 5.75 Å². The van der Waals surface area contributed by atoms with E-state index in [1.807, 2.05) is 61.5 Å². The Bertz CT molecular complexity index is 939. The third-order valence-electron chi connectivity index (χ3n) is 3.83. The minimum absolute atomic E-state index is 0.0839. The molecule has 1 aromatic heterocycles. The Hall–Kier alpha value is -3.41. The van der Waals surface area contributed by atoms with Gasteiger partial charge >= 0.3 is 6.09 Å². The van der Waals surface area contributed by atoms with Crippen LogP contribution in [0.1, 0.15) is 11.3 Å². The highest BCUT2D eigenvalue weighted by Crippen LogP contribution is 2.34. The third-order valence-corrected chi connectivity index (χ3v) is 3.83. The first-order chi connectivity index (χ1) is 12.9. The molecule has 0 radical (unpaired) electrons. The van der Waals surface area contributed by atoms with Gasteiger partial charge in [-0.05, 0) is 26.0 Å². The molecule has 0 aliphatic rings. The van der Waals surface area contributed by atoms with Crippen molar-refractivity contribution in [2.45, 2.75) is 13.8 Å². The third kappa shape index (κ3) is 4.41. The zero-order chi connectivity index (χ0) is 19.4. The fourth-order valence-electron chi connectivity index (χ4n) is 2.34. The van der Waals surface area contributed by atoms with Crippen molar-refractivity contribution in [2.24, 2.45) is 0 Å². The van der Waals surface area contributed by atoms with Crippen LogP contribution in [0.5, 0.6) is 17.4 Å². The number of nitrogens with zero attached hydrogens (tertiary/aromatic N) is 3. The van der Waals surface area contributed by atoms with Crippen LogP contribution in [-0.2, 0) is 0 Å². The summed E-state index contributed by atoms with van der Waals surface area (Å²) in [6, 6.07) is 17.1. The van der Waals surface area contributed by atoms with E-state index < -0.39 is 6.09 Å². The van der Waals surface area contributed by atoms with Crippen molar-refractivity contribution in [1.82, 2.24) is 14.9 Å². The fourth-order valence-corrected chi connectivity index (χ4v) is 2.34. The molecule has 6 nitrogen and oxygen atoms in total. The summed E-state index contributed by atoms with van der Waals surface area (Å²) in [5, 5.41) is 0. The molecule has 1 heterocycles. The number of benzene rings is 2. The maximum atomic E-state index is 12.1. The number of aromatic nitrogens is 2. The van der Waals surface area contributed by atoms with Crippen LogP contribution in [0.3, 0.4) is 0 Å². The number of carbonyl (C=O) groups excluding carboxylic acids is 1. The summed E-state index contributed by atoms with van der Waals surface area (Å²) in [4.78, 5) is 22.4. The lowest BCUT2D eigenvalue weighted by molar-refractivity contribution is 0.168. The first kappa shape index (κ1) is 18.4. The molecule has 2 aromatic carbocycles. The van der Waals surface area contributed by atoms with Crippen LogP contribution in [0.2, 0.25) is 0 Å². The van der Waals surface area contributed by atoms with Crippen LogP contribution >= 0.6 is 0 Å². The number of hydrogen-bond acceptors (Lipinski definition) is 5. The van der Waals surface area contributed by atoms with E-state index in [2.05, 4.69) is 9.97 Å². The average Bonchev–Trinajstić information content (AvgIpc) is 2.66. The van der Waals surface area contributed by atoms with Crippen LogP contribution in [0.25, 0.3) is 11.4 Å². The molecule has 0 bridgehead atoms. The standard InChI is InChI=1S/C21H21N3O3/c1-14-10-12-17(13-11-14)26-18-15(2)22-19(16-8-6-5-7-9-16)23-20(18)27-21(25)24(3)4/h5-13H,1-4H3. The second-order valence-electron chi connectivity index (χ2n) is 6.31. The van der Waals surface area contributed by atoms with E-state index in [-0.39, 0.29) is 5.88 Å². The van der Waals surface area contributed by atoms with E-state index in [4.69, 9.17) is 9.47 Å². The van der Waals surface area contributed by atoms with Gasteiger partial charge in [-0.3, -0.25) is 0 Å². The summed E-state index contributed by atoms with van der Waals surface area (Å²) >= 11 is 0. The highest BCUT2D eigenvalue weighted by Gasteiger charge is 2.20. The first-order valence-corrected chi connectivity index (χ1v) is 8.52. The summed E-state index contributed by atoms with van der Waals surface area (Å²) in [7, 11) is 3.21. The Morgan fingerprint density at radius 3 is 2.22 bits per heavy atom. The van der Waals surface area contributed by atoms with Crippen LogP contribution in [0, 0.1) is 13.8 Å². The van der Waals surface area contributed by atoms with Gasteiger partial charge in [0, 0.05) is 19.7 Å². The zero-order valence-electron chi connectivity index (χ0n) is 15.8. The van der Waals surface area contributed by atoms with E-state index in [0.29, 0.717) is 23.0 Å². The molecule has 3 aromatic rings. The van der Waals surface area contributed by atoms with E-state index in [1.165, 1.54) is 4.90 Å². The molecular weight excluding hydrogens is 342 g/mol. The number of hydrogen-bond donors (Lipinski definition) is 0. The summed E-state index contributed by atoms with van der Waals surface area (Å²) in [6.45, 7) is 3.79. The number of rotatable bonds is 4. The lowest BCUT2D eigenvalue weighted by Gasteiger charge is -2.16. The Kier molecular flexibility index (Phi) is 5.35. The molecule has 1 amide bonds. The Balaban J connectivity index is 2.04. The normalized spacial score (nSPS) is 10.4. The van der Waals surface area contributed by atoms with Crippen molar-refractivity contribution in [3.05, 3.63) is 65.9 Å². The van der Waals surface area contributed by atoms with Crippen LogP contribution in [-0.4, -0.2) is 35.1 Å². The Morgan fingerprint density at radius 2 is 1.59 bits per heavy atom. The van der Waals surface area contributed by atoms with Gasteiger partial charge in [-0.1, -0.05) is 48.0 Å². The molecule has 0 atom stereocenters. The monoisotopic (exact) mass is 363 g/mol. The predicted molar refractivity (Wildman–Crippen MR) is 103 cm³/mol. The van der Waals surface area contributed by atoms with Gasteiger partial charge < -0.3 is 14.4 Å². The molecule has 0 saturated heterocycles. The SMILES string of the molecule is Cc1ccc(Oc2c(C)nc(-c3ccccc3)nc2OC(=O)N(C)C)cc1. The molecule has 0 fully saturated rings. The average molecular weight is 363 g/mol. The maximum Gasteiger partial charge on any atom is 0.416 e. The fraction of sp³-hybridized carbons (Fsp3) is 0.190. The minimum Gasteiger partial charge on any atom is -0.450 e. The van der Waals surface area contributed by atoms with Crippen molar-refractivity contribution < 1.29 is 14.3 Å². The maximum absolute atomic E-state index is 12.1. The molecule has 0 aliphatic carbocycles. The quantitative estimate of drug-likeness (QED) is 0.677. The summed E-state index contributed by atoms with van der Waals surface area (Å²) in [6.07, 6.45) is -0.541. The molecule has 0 spiro atoms. The smallest absolute Gasteiger partial charge is 0.416 e. The van der Waals surface area contributed by atoms with Crippen molar-refractivity contribution in [2.75, 3.05) is 14.1 Å². The van der Waals surface area contributed by atoms with Gasteiger partial charge in [-0.25, -0.2) is 9.78 Å². The molecule has 0 aliphatic heterocycles. The molecule has 3 rings (SSSR count). The minimum atomic E-state index is -0.541. The largest absolute Gasteiger partial charge is 0.450 e. The van der Waals surface area contributed by atoms with E-state index in [9.17, 15) is 4.79 Å². The zero-order valence-corrected chi connectivity index (χ0v) is 15.8. The van der Waals surface area contributed by atoms with Crippen molar-refractivity contribution in [1.29, 1.82) is 0 Å². The van der Waals surface area contributed by atoms with Gasteiger partial charge in [-0.2, -0.15) is 4.98 Å². The van der Waals surface area contributed by atoms with Crippen molar-refractivity contribution >= 4 is 6.09 Å². The van der Waals surface area contributed by atoms with Gasteiger partial charge in [0.05, 0.1) is 5.69 Å². The molecule has 0 N–H and O–H groups in total. The molecule has 27 heavy (non-hydrogen) atoms. The Morgan fingerprint density at radius 1 is 0.926 bits per heavy atom. The van der Waals surface area contributed by atoms with Gasteiger partial charge in [0.15, 0.2) is 5.82 Å². The Labute approximate surface area is 158 Å². The van der Waals surface area contributed by atoms with Crippen molar-refractivity contribution in [3.8, 4) is 28.8 Å². The van der Waals surface area contributed by atoms with E-state index in [1.54, 1.807) is 21.0 Å². The van der Waals surface area contributed by atoms with Crippen LogP contribution in [0.4, 0.5) is 4.79 Å². The number of ether oxygens (including phenoxy) is 2. The van der Waals surface area contributed by atoms with Crippen LogP contribution < -0.4 is 9.47 Å². The molecule has 138 valence electrons. The van der Waals surface area contributed by atoms with E-state index >= 15 is 0 Å². The molecule has 6 heteroatoms. The predicted octanol–water partition coefficient (Wildman–Crippen LogP) is 4.61. The molecule has 0 saturated carbocycles. The van der Waals surface area contributed by atoms with E-state index in [0.717, 1.165) is 11.1 Å². The summed E-state index contributed by atoms with van der Waals surface area (Å²) in [5.41, 5.74) is 2.52. The lowest BCUT2D eigenvalue weighted by atomic mass is 10.2. The molecular formula is C21H21N3O3. The molecule has 0 unspecified atom stereocenters.